The van der Waals surface area contributed by atoms with Crippen LogP contribution in [0, 0.1) is 5.41 Å². The number of aromatic nitrogens is 1. The third kappa shape index (κ3) is 5.07. The molecule has 0 aliphatic rings. The average Bonchev–Trinajstić information content (AvgIpc) is 2.89. The van der Waals surface area contributed by atoms with Crippen molar-refractivity contribution in [3.8, 4) is 0 Å². The van der Waals surface area contributed by atoms with Crippen molar-refractivity contribution in [1.82, 2.24) is 10.3 Å². The molecule has 1 atom stereocenters. The molecule has 1 aromatic rings. The molecule has 1 heterocycles. The third-order valence-corrected chi connectivity index (χ3v) is 4.55. The van der Waals surface area contributed by atoms with E-state index in [1.54, 1.807) is 11.3 Å². The number of unbranched alkanes of at least 4 members (excludes halogenated alkanes) is 1. The molecule has 1 aromatic heterocycles. The largest absolute Gasteiger partial charge is 0.316 e. The lowest BCUT2D eigenvalue weighted by molar-refractivity contribution is 0.231. The van der Waals surface area contributed by atoms with Gasteiger partial charge in [0.2, 0.25) is 0 Å². The Hall–Kier alpha value is -0.410. The first kappa shape index (κ1) is 15.6. The van der Waals surface area contributed by atoms with Gasteiger partial charge in [0, 0.05) is 17.6 Å². The predicted octanol–water partition coefficient (Wildman–Crippen LogP) is 4.27. The van der Waals surface area contributed by atoms with Gasteiger partial charge in [-0.25, -0.2) is 0 Å². The highest BCUT2D eigenvalue weighted by molar-refractivity contribution is 7.09. The maximum Gasteiger partial charge on any atom is 0.0794 e. The third-order valence-electron chi connectivity index (χ3n) is 3.77. The molecule has 104 valence electrons. The lowest BCUT2D eigenvalue weighted by Crippen LogP contribution is -2.36. The Bertz CT molecular complexity index is 297. The maximum atomic E-state index is 4.22. The molecule has 0 amide bonds. The van der Waals surface area contributed by atoms with E-state index in [0.717, 1.165) is 13.1 Å². The van der Waals surface area contributed by atoms with Crippen LogP contribution in [0.1, 0.15) is 57.8 Å². The SMILES string of the molecule is CCCCC(CC)(CNCCC)Cc1cncs1. The van der Waals surface area contributed by atoms with Crippen LogP contribution in [0.3, 0.4) is 0 Å². The molecule has 0 spiro atoms. The Labute approximate surface area is 116 Å². The molecule has 1 unspecified atom stereocenters. The molecule has 0 aliphatic heterocycles. The fourth-order valence-electron chi connectivity index (χ4n) is 2.45. The molecule has 1 rings (SSSR count). The van der Waals surface area contributed by atoms with Crippen molar-refractivity contribution in [3.05, 3.63) is 16.6 Å². The standard InChI is InChI=1S/C15H28N2S/c1-4-7-8-15(6-3,12-16-9-5-2)10-14-11-17-13-18-14/h11,13,16H,4-10,12H2,1-3H3. The van der Waals surface area contributed by atoms with Crippen LogP contribution in [-0.4, -0.2) is 18.1 Å². The first-order valence-electron chi connectivity index (χ1n) is 7.34. The van der Waals surface area contributed by atoms with Gasteiger partial charge < -0.3 is 5.32 Å². The van der Waals surface area contributed by atoms with E-state index >= 15 is 0 Å². The molecule has 0 saturated heterocycles. The number of hydrogen-bond acceptors (Lipinski definition) is 3. The van der Waals surface area contributed by atoms with Gasteiger partial charge in [-0.2, -0.15) is 0 Å². The molecule has 1 N–H and O–H groups in total. The van der Waals surface area contributed by atoms with Gasteiger partial charge >= 0.3 is 0 Å². The summed E-state index contributed by atoms with van der Waals surface area (Å²) < 4.78 is 0. The molecule has 0 saturated carbocycles. The zero-order valence-corrected chi connectivity index (χ0v) is 13.0. The maximum absolute atomic E-state index is 4.22. The Kier molecular flexibility index (Phi) is 7.52. The Morgan fingerprint density at radius 2 is 2.11 bits per heavy atom. The molecule has 0 aromatic carbocycles. The first-order chi connectivity index (χ1) is 8.76. The molecule has 2 nitrogen and oxygen atoms in total. The first-order valence-corrected chi connectivity index (χ1v) is 8.22. The minimum atomic E-state index is 0.428. The van der Waals surface area contributed by atoms with E-state index in [4.69, 9.17) is 0 Å². The van der Waals surface area contributed by atoms with Crippen LogP contribution in [0.15, 0.2) is 11.7 Å². The zero-order chi connectivity index (χ0) is 13.3. The highest BCUT2D eigenvalue weighted by Crippen LogP contribution is 2.33. The second-order valence-corrected chi connectivity index (χ2v) is 6.25. The van der Waals surface area contributed by atoms with Gasteiger partial charge in [-0.15, -0.1) is 11.3 Å². The Morgan fingerprint density at radius 1 is 1.28 bits per heavy atom. The fourth-order valence-corrected chi connectivity index (χ4v) is 3.22. The number of hydrogen-bond donors (Lipinski definition) is 1. The van der Waals surface area contributed by atoms with Crippen molar-refractivity contribution in [2.75, 3.05) is 13.1 Å². The molecular weight excluding hydrogens is 240 g/mol. The molecule has 0 bridgehead atoms. The Balaban J connectivity index is 2.63. The molecule has 0 fully saturated rings. The lowest BCUT2D eigenvalue weighted by Gasteiger charge is -2.33. The van der Waals surface area contributed by atoms with Crippen LogP contribution >= 0.6 is 11.3 Å². The summed E-state index contributed by atoms with van der Waals surface area (Å²) in [6.45, 7) is 9.14. The normalized spacial score (nSPS) is 14.6. The Morgan fingerprint density at radius 3 is 2.67 bits per heavy atom. The average molecular weight is 268 g/mol. The van der Waals surface area contributed by atoms with Crippen LogP contribution < -0.4 is 5.32 Å². The van der Waals surface area contributed by atoms with E-state index in [2.05, 4.69) is 31.1 Å². The summed E-state index contributed by atoms with van der Waals surface area (Å²) in [5.74, 6) is 0. The van der Waals surface area contributed by atoms with Crippen LogP contribution in [0.4, 0.5) is 0 Å². The van der Waals surface area contributed by atoms with Crippen molar-refractivity contribution in [2.45, 2.75) is 59.3 Å². The lowest BCUT2D eigenvalue weighted by atomic mass is 9.77. The van der Waals surface area contributed by atoms with Crippen LogP contribution in [0.5, 0.6) is 0 Å². The molecule has 0 radical (unpaired) electrons. The summed E-state index contributed by atoms with van der Waals surface area (Å²) in [5, 5.41) is 3.63. The van der Waals surface area contributed by atoms with Gasteiger partial charge in [0.05, 0.1) is 5.51 Å². The van der Waals surface area contributed by atoms with Gasteiger partial charge in [0.15, 0.2) is 0 Å². The quantitative estimate of drug-likeness (QED) is 0.641. The second kappa shape index (κ2) is 8.65. The van der Waals surface area contributed by atoms with Gasteiger partial charge in [0.1, 0.15) is 0 Å². The van der Waals surface area contributed by atoms with Crippen molar-refractivity contribution in [2.24, 2.45) is 5.41 Å². The molecule has 18 heavy (non-hydrogen) atoms. The monoisotopic (exact) mass is 268 g/mol. The summed E-state index contributed by atoms with van der Waals surface area (Å²) in [6.07, 6.45) is 9.65. The molecular formula is C15H28N2S. The summed E-state index contributed by atoms with van der Waals surface area (Å²) in [6, 6.07) is 0. The van der Waals surface area contributed by atoms with Gasteiger partial charge in [-0.05, 0) is 37.6 Å². The zero-order valence-electron chi connectivity index (χ0n) is 12.2. The number of nitrogens with one attached hydrogen (secondary N) is 1. The van der Waals surface area contributed by atoms with Crippen LogP contribution in [-0.2, 0) is 6.42 Å². The van der Waals surface area contributed by atoms with Crippen molar-refractivity contribution < 1.29 is 0 Å². The summed E-state index contributed by atoms with van der Waals surface area (Å²) >= 11 is 1.80. The summed E-state index contributed by atoms with van der Waals surface area (Å²) in [4.78, 5) is 5.65. The van der Waals surface area contributed by atoms with Crippen molar-refractivity contribution >= 4 is 11.3 Å². The van der Waals surface area contributed by atoms with Crippen LogP contribution in [0.2, 0.25) is 0 Å². The number of nitrogens with zero attached hydrogens (tertiary/aromatic N) is 1. The smallest absolute Gasteiger partial charge is 0.0794 e. The van der Waals surface area contributed by atoms with E-state index in [-0.39, 0.29) is 0 Å². The van der Waals surface area contributed by atoms with E-state index < -0.39 is 0 Å². The highest BCUT2D eigenvalue weighted by Gasteiger charge is 2.28. The molecule has 0 aliphatic carbocycles. The van der Waals surface area contributed by atoms with Crippen molar-refractivity contribution in [1.29, 1.82) is 0 Å². The van der Waals surface area contributed by atoms with Crippen LogP contribution in [0.25, 0.3) is 0 Å². The number of thiazole rings is 1. The van der Waals surface area contributed by atoms with E-state index in [1.165, 1.54) is 43.4 Å². The van der Waals surface area contributed by atoms with E-state index in [1.807, 2.05) is 11.7 Å². The van der Waals surface area contributed by atoms with E-state index in [0.29, 0.717) is 5.41 Å². The predicted molar refractivity (Wildman–Crippen MR) is 81.2 cm³/mol. The van der Waals surface area contributed by atoms with Gasteiger partial charge in [-0.1, -0.05) is 33.6 Å². The minimum Gasteiger partial charge on any atom is -0.316 e. The molecule has 3 heteroatoms. The highest BCUT2D eigenvalue weighted by atomic mass is 32.1. The second-order valence-electron chi connectivity index (χ2n) is 5.28. The fraction of sp³-hybridized carbons (Fsp3) is 0.800. The number of rotatable bonds is 10. The van der Waals surface area contributed by atoms with Gasteiger partial charge in [-0.3, -0.25) is 4.98 Å². The minimum absolute atomic E-state index is 0.428. The summed E-state index contributed by atoms with van der Waals surface area (Å²) in [5.41, 5.74) is 2.38. The van der Waals surface area contributed by atoms with Crippen molar-refractivity contribution in [3.63, 3.8) is 0 Å². The van der Waals surface area contributed by atoms with E-state index in [9.17, 15) is 0 Å². The summed E-state index contributed by atoms with van der Waals surface area (Å²) in [7, 11) is 0. The van der Waals surface area contributed by atoms with Gasteiger partial charge in [0.25, 0.3) is 0 Å². The topological polar surface area (TPSA) is 24.9 Å².